The maximum atomic E-state index is 9.33. The molecule has 1 aliphatic carbocycles. The van der Waals surface area contributed by atoms with Crippen LogP contribution >= 0.6 is 0 Å². The molecule has 0 saturated heterocycles. The number of nitriles is 2. The number of hydrogen-bond acceptors (Lipinski definition) is 3. The number of rotatable bonds is 5. The van der Waals surface area contributed by atoms with Gasteiger partial charge in [-0.1, -0.05) is 13.3 Å². The highest BCUT2D eigenvalue weighted by Gasteiger charge is 2.34. The summed E-state index contributed by atoms with van der Waals surface area (Å²) < 4.78 is 0. The minimum absolute atomic E-state index is 0.147. The highest BCUT2D eigenvalue weighted by atomic mass is 15.2. The Labute approximate surface area is 111 Å². The van der Waals surface area contributed by atoms with Crippen molar-refractivity contribution in [2.45, 2.75) is 65.0 Å². The number of hydrogen-bond donors (Lipinski definition) is 0. The summed E-state index contributed by atoms with van der Waals surface area (Å²) in [4.78, 5) is 2.37. The normalized spacial score (nSPS) is 28.1. The van der Waals surface area contributed by atoms with Gasteiger partial charge in [-0.3, -0.25) is 4.90 Å². The standard InChI is InChI=1S/C15H25N3/c1-4-13-6-7-14(11-17)15(10-13)18(12(2)3)9-5-8-16/h12-15H,4-7,9-10H2,1-3H3. The van der Waals surface area contributed by atoms with Gasteiger partial charge >= 0.3 is 0 Å². The highest BCUT2D eigenvalue weighted by molar-refractivity contribution is 4.98. The predicted molar refractivity (Wildman–Crippen MR) is 72.6 cm³/mol. The Morgan fingerprint density at radius 1 is 1.28 bits per heavy atom. The molecule has 1 saturated carbocycles. The van der Waals surface area contributed by atoms with E-state index in [0.29, 0.717) is 18.5 Å². The van der Waals surface area contributed by atoms with Crippen LogP contribution in [0.3, 0.4) is 0 Å². The third-order valence-corrected chi connectivity index (χ3v) is 4.24. The summed E-state index contributed by atoms with van der Waals surface area (Å²) >= 11 is 0. The van der Waals surface area contributed by atoms with Crippen molar-refractivity contribution in [3.05, 3.63) is 0 Å². The summed E-state index contributed by atoms with van der Waals surface area (Å²) in [5, 5.41) is 18.1. The van der Waals surface area contributed by atoms with Crippen molar-refractivity contribution in [3.63, 3.8) is 0 Å². The smallest absolute Gasteiger partial charge is 0.0672 e. The van der Waals surface area contributed by atoms with Crippen molar-refractivity contribution in [1.29, 1.82) is 10.5 Å². The molecule has 3 unspecified atom stereocenters. The van der Waals surface area contributed by atoms with E-state index in [4.69, 9.17) is 5.26 Å². The van der Waals surface area contributed by atoms with Crippen LogP contribution < -0.4 is 0 Å². The monoisotopic (exact) mass is 247 g/mol. The summed E-state index contributed by atoms with van der Waals surface area (Å²) in [5.74, 6) is 0.900. The second-order valence-corrected chi connectivity index (χ2v) is 5.63. The van der Waals surface area contributed by atoms with Crippen molar-refractivity contribution in [2.75, 3.05) is 6.54 Å². The fourth-order valence-corrected chi connectivity index (χ4v) is 3.11. The molecule has 0 aromatic rings. The van der Waals surface area contributed by atoms with Crippen molar-refractivity contribution in [3.8, 4) is 12.1 Å². The summed E-state index contributed by atoms with van der Waals surface area (Å²) in [5.41, 5.74) is 0. The quantitative estimate of drug-likeness (QED) is 0.748. The summed E-state index contributed by atoms with van der Waals surface area (Å²) in [6.45, 7) is 7.37. The molecular formula is C15H25N3. The van der Waals surface area contributed by atoms with Gasteiger partial charge in [0, 0.05) is 25.0 Å². The van der Waals surface area contributed by atoms with Gasteiger partial charge in [0.2, 0.25) is 0 Å². The Balaban J connectivity index is 2.77. The zero-order valence-corrected chi connectivity index (χ0v) is 11.9. The minimum atomic E-state index is 0.147. The molecule has 1 rings (SSSR count). The lowest BCUT2D eigenvalue weighted by Gasteiger charge is -2.42. The molecule has 0 aliphatic heterocycles. The third kappa shape index (κ3) is 3.72. The zero-order chi connectivity index (χ0) is 13.5. The van der Waals surface area contributed by atoms with Crippen LogP contribution in [0.5, 0.6) is 0 Å². The molecule has 3 heteroatoms. The van der Waals surface area contributed by atoms with Gasteiger partial charge in [-0.25, -0.2) is 0 Å². The lowest BCUT2D eigenvalue weighted by molar-refractivity contribution is 0.0752. The fourth-order valence-electron chi connectivity index (χ4n) is 3.11. The van der Waals surface area contributed by atoms with E-state index in [9.17, 15) is 5.26 Å². The first-order chi connectivity index (χ1) is 8.63. The predicted octanol–water partition coefficient (Wildman–Crippen LogP) is 3.33. The topological polar surface area (TPSA) is 50.8 Å². The second kappa shape index (κ2) is 7.39. The third-order valence-electron chi connectivity index (χ3n) is 4.24. The Morgan fingerprint density at radius 3 is 2.50 bits per heavy atom. The maximum Gasteiger partial charge on any atom is 0.0672 e. The van der Waals surface area contributed by atoms with Crippen LogP contribution in [-0.4, -0.2) is 23.5 Å². The Bertz CT molecular complexity index is 324. The highest BCUT2D eigenvalue weighted by Crippen LogP contribution is 2.34. The molecule has 0 aromatic heterocycles. The molecule has 0 aromatic carbocycles. The lowest BCUT2D eigenvalue weighted by Crippen LogP contribution is -2.47. The van der Waals surface area contributed by atoms with Crippen molar-refractivity contribution >= 4 is 0 Å². The van der Waals surface area contributed by atoms with E-state index in [-0.39, 0.29) is 5.92 Å². The molecule has 3 atom stereocenters. The van der Waals surface area contributed by atoms with Crippen LogP contribution in [0.4, 0.5) is 0 Å². The first-order valence-corrected chi connectivity index (χ1v) is 7.16. The van der Waals surface area contributed by atoms with E-state index in [2.05, 4.69) is 37.8 Å². The van der Waals surface area contributed by atoms with Crippen LogP contribution in [0.1, 0.15) is 52.9 Å². The molecule has 0 heterocycles. The van der Waals surface area contributed by atoms with Gasteiger partial charge in [-0.15, -0.1) is 0 Å². The Kier molecular flexibility index (Phi) is 6.16. The van der Waals surface area contributed by atoms with Crippen LogP contribution in [0.2, 0.25) is 0 Å². The van der Waals surface area contributed by atoms with Gasteiger partial charge in [-0.2, -0.15) is 10.5 Å². The zero-order valence-electron chi connectivity index (χ0n) is 11.9. The van der Waals surface area contributed by atoms with E-state index in [0.717, 1.165) is 25.3 Å². The molecule has 18 heavy (non-hydrogen) atoms. The first kappa shape index (κ1) is 15.0. The van der Waals surface area contributed by atoms with E-state index in [1.807, 2.05) is 0 Å². The summed E-state index contributed by atoms with van der Waals surface area (Å²) in [7, 11) is 0. The molecule has 0 bridgehead atoms. The second-order valence-electron chi connectivity index (χ2n) is 5.63. The maximum absolute atomic E-state index is 9.33. The van der Waals surface area contributed by atoms with Gasteiger partial charge < -0.3 is 0 Å². The Hall–Kier alpha value is -1.06. The van der Waals surface area contributed by atoms with E-state index in [1.54, 1.807) is 0 Å². The van der Waals surface area contributed by atoms with E-state index >= 15 is 0 Å². The van der Waals surface area contributed by atoms with Crippen LogP contribution in [0.15, 0.2) is 0 Å². The van der Waals surface area contributed by atoms with Crippen molar-refractivity contribution < 1.29 is 0 Å². The van der Waals surface area contributed by atoms with Gasteiger partial charge in [-0.05, 0) is 39.0 Å². The number of nitrogens with zero attached hydrogens (tertiary/aromatic N) is 3. The largest absolute Gasteiger partial charge is 0.296 e. The SMILES string of the molecule is CCC1CCC(C#N)C(N(CCC#N)C(C)C)C1. The first-order valence-electron chi connectivity index (χ1n) is 7.16. The molecule has 1 fully saturated rings. The van der Waals surface area contributed by atoms with Crippen LogP contribution in [-0.2, 0) is 0 Å². The van der Waals surface area contributed by atoms with E-state index in [1.165, 1.54) is 12.8 Å². The van der Waals surface area contributed by atoms with Crippen molar-refractivity contribution in [1.82, 2.24) is 4.90 Å². The fraction of sp³-hybridized carbons (Fsp3) is 0.867. The molecule has 3 nitrogen and oxygen atoms in total. The Morgan fingerprint density at radius 2 is 2.00 bits per heavy atom. The molecule has 100 valence electrons. The molecule has 0 N–H and O–H groups in total. The lowest BCUT2D eigenvalue weighted by atomic mass is 9.76. The van der Waals surface area contributed by atoms with Crippen LogP contribution in [0.25, 0.3) is 0 Å². The molecular weight excluding hydrogens is 222 g/mol. The average molecular weight is 247 g/mol. The molecule has 0 spiro atoms. The minimum Gasteiger partial charge on any atom is -0.296 e. The van der Waals surface area contributed by atoms with Crippen LogP contribution in [0, 0.1) is 34.5 Å². The molecule has 0 amide bonds. The van der Waals surface area contributed by atoms with Gasteiger partial charge in [0.15, 0.2) is 0 Å². The van der Waals surface area contributed by atoms with Gasteiger partial charge in [0.05, 0.1) is 18.1 Å². The van der Waals surface area contributed by atoms with Crippen molar-refractivity contribution in [2.24, 2.45) is 11.8 Å². The summed E-state index contributed by atoms with van der Waals surface area (Å²) in [6, 6.07) is 5.47. The summed E-state index contributed by atoms with van der Waals surface area (Å²) in [6.07, 6.45) is 5.10. The van der Waals surface area contributed by atoms with Gasteiger partial charge in [0.25, 0.3) is 0 Å². The molecule has 0 radical (unpaired) electrons. The average Bonchev–Trinajstić information content (AvgIpc) is 2.38. The molecule has 1 aliphatic rings. The van der Waals surface area contributed by atoms with E-state index < -0.39 is 0 Å². The van der Waals surface area contributed by atoms with Gasteiger partial charge in [0.1, 0.15) is 0 Å².